The van der Waals surface area contributed by atoms with E-state index < -0.39 is 15.8 Å². The van der Waals surface area contributed by atoms with Crippen molar-refractivity contribution in [2.24, 2.45) is 0 Å². The summed E-state index contributed by atoms with van der Waals surface area (Å²) >= 11 is 7.21. The van der Waals surface area contributed by atoms with Gasteiger partial charge >= 0.3 is 0 Å². The van der Waals surface area contributed by atoms with Crippen LogP contribution in [0.2, 0.25) is 5.02 Å². The van der Waals surface area contributed by atoms with Crippen molar-refractivity contribution in [3.05, 3.63) is 98.3 Å². The van der Waals surface area contributed by atoms with Gasteiger partial charge in [-0.25, -0.2) is 8.42 Å². The molecule has 0 saturated carbocycles. The number of para-hydroxylation sites is 1. The molecule has 0 amide bonds. The summed E-state index contributed by atoms with van der Waals surface area (Å²) in [7, 11) is -4.02. The van der Waals surface area contributed by atoms with E-state index in [0.717, 1.165) is 22.0 Å². The van der Waals surface area contributed by atoms with Crippen molar-refractivity contribution in [3.8, 4) is 0 Å². The lowest BCUT2D eigenvalue weighted by molar-refractivity contribution is 0.104. The number of carbonyl (C=O) groups is 1. The number of nitrogens with zero attached hydrogens (tertiary/aromatic N) is 1. The van der Waals surface area contributed by atoms with Gasteiger partial charge in [-0.15, -0.1) is 11.3 Å². The smallest absolute Gasteiger partial charge is 0.270 e. The summed E-state index contributed by atoms with van der Waals surface area (Å²) in [5.74, 6) is -0.480. The Balaban J connectivity index is 1.39. The fraction of sp³-hybridized carbons (Fsp3) is 0.125. The van der Waals surface area contributed by atoms with Crippen LogP contribution in [-0.2, 0) is 23.0 Å². The minimum Gasteiger partial charge on any atom is -0.389 e. The van der Waals surface area contributed by atoms with E-state index in [1.54, 1.807) is 35.7 Å². The quantitative estimate of drug-likeness (QED) is 0.287. The lowest BCUT2D eigenvalue weighted by atomic mass is 10.1. The first-order valence-corrected chi connectivity index (χ1v) is 13.0. The number of fused-ring (bicyclic) bond motifs is 2. The number of hydrogen-bond donors (Lipinski definition) is 2. The van der Waals surface area contributed by atoms with Crippen LogP contribution in [0.1, 0.15) is 20.8 Å². The number of anilines is 1. The molecule has 9 heteroatoms. The van der Waals surface area contributed by atoms with Crippen molar-refractivity contribution in [2.75, 3.05) is 10.8 Å². The lowest BCUT2D eigenvalue weighted by Crippen LogP contribution is -2.38. The Morgan fingerprint density at radius 2 is 1.88 bits per heavy atom. The van der Waals surface area contributed by atoms with Crippen LogP contribution in [0.15, 0.2) is 77.3 Å². The second-order valence-corrected chi connectivity index (χ2v) is 10.9. The summed E-state index contributed by atoms with van der Waals surface area (Å²) in [5.41, 5.74) is 3.37. The Bertz CT molecular complexity index is 1470. The van der Waals surface area contributed by atoms with Crippen LogP contribution >= 0.6 is 22.9 Å². The van der Waals surface area contributed by atoms with Gasteiger partial charge in [0.25, 0.3) is 10.0 Å². The molecular weight excluding hydrogens is 478 g/mol. The van der Waals surface area contributed by atoms with E-state index in [4.69, 9.17) is 11.6 Å². The number of ketones is 1. The third-order valence-corrected chi connectivity index (χ3v) is 8.52. The molecule has 0 aliphatic carbocycles. The van der Waals surface area contributed by atoms with Crippen LogP contribution in [-0.4, -0.2) is 25.7 Å². The second-order valence-electron chi connectivity index (χ2n) is 7.67. The summed E-state index contributed by atoms with van der Waals surface area (Å²) in [5, 5.41) is 6.49. The molecule has 1 aliphatic heterocycles. The normalized spacial score (nSPS) is 16.3. The van der Waals surface area contributed by atoms with E-state index >= 15 is 0 Å². The zero-order valence-corrected chi connectivity index (χ0v) is 19.8. The molecule has 2 N–H and O–H groups in total. The SMILES string of the molecule is O=C1/C(=C/NCCc2c[nH]c3ccccc23)S(=O)(=O)N(Cc2ccc(Cl)cc2)c2ccsc21. The van der Waals surface area contributed by atoms with Crippen LogP contribution in [0.25, 0.3) is 10.9 Å². The van der Waals surface area contributed by atoms with Gasteiger partial charge in [0.15, 0.2) is 4.91 Å². The number of Topliss-reactive ketones (excluding diaryl/α,β-unsaturated/α-hetero) is 1. The molecule has 0 atom stereocenters. The highest BCUT2D eigenvalue weighted by Gasteiger charge is 2.41. The Kier molecular flexibility index (Phi) is 5.74. The van der Waals surface area contributed by atoms with Crippen molar-refractivity contribution in [1.82, 2.24) is 10.3 Å². The van der Waals surface area contributed by atoms with E-state index in [0.29, 0.717) is 28.6 Å². The van der Waals surface area contributed by atoms with Crippen LogP contribution in [0.5, 0.6) is 0 Å². The summed E-state index contributed by atoms with van der Waals surface area (Å²) < 4.78 is 28.1. The summed E-state index contributed by atoms with van der Waals surface area (Å²) in [4.78, 5) is 16.4. The van der Waals surface area contributed by atoms with Gasteiger partial charge in [0.2, 0.25) is 5.78 Å². The predicted octanol–water partition coefficient (Wildman–Crippen LogP) is 5.09. The zero-order valence-electron chi connectivity index (χ0n) is 17.4. The topological polar surface area (TPSA) is 82.3 Å². The molecule has 6 nitrogen and oxygen atoms in total. The number of benzene rings is 2. The first-order chi connectivity index (χ1) is 15.9. The van der Waals surface area contributed by atoms with E-state index in [1.807, 2.05) is 30.5 Å². The van der Waals surface area contributed by atoms with Crippen molar-refractivity contribution in [1.29, 1.82) is 0 Å². The van der Waals surface area contributed by atoms with Gasteiger partial charge in [-0.1, -0.05) is 41.9 Å². The number of nitrogens with one attached hydrogen (secondary N) is 2. The van der Waals surface area contributed by atoms with Crippen LogP contribution < -0.4 is 9.62 Å². The first kappa shape index (κ1) is 21.8. The number of thiophene rings is 1. The van der Waals surface area contributed by atoms with E-state index in [2.05, 4.69) is 10.3 Å². The van der Waals surface area contributed by atoms with Gasteiger partial charge in [-0.2, -0.15) is 0 Å². The van der Waals surface area contributed by atoms with Gasteiger partial charge in [-0.3, -0.25) is 9.10 Å². The summed E-state index contributed by atoms with van der Waals surface area (Å²) in [6.07, 6.45) is 3.97. The average Bonchev–Trinajstić information content (AvgIpc) is 3.45. The minimum atomic E-state index is -4.02. The molecule has 33 heavy (non-hydrogen) atoms. The highest BCUT2D eigenvalue weighted by molar-refractivity contribution is 7.97. The molecule has 5 rings (SSSR count). The maximum Gasteiger partial charge on any atom is 0.270 e. The van der Waals surface area contributed by atoms with E-state index in [9.17, 15) is 13.2 Å². The third kappa shape index (κ3) is 4.06. The number of sulfonamides is 1. The van der Waals surface area contributed by atoms with Gasteiger partial charge < -0.3 is 10.3 Å². The molecule has 3 heterocycles. The highest BCUT2D eigenvalue weighted by atomic mass is 35.5. The van der Waals surface area contributed by atoms with Crippen molar-refractivity contribution >= 4 is 55.3 Å². The van der Waals surface area contributed by atoms with Crippen molar-refractivity contribution < 1.29 is 13.2 Å². The average molecular weight is 498 g/mol. The Morgan fingerprint density at radius 3 is 2.70 bits per heavy atom. The van der Waals surface area contributed by atoms with Crippen molar-refractivity contribution in [2.45, 2.75) is 13.0 Å². The predicted molar refractivity (Wildman–Crippen MR) is 133 cm³/mol. The molecule has 0 bridgehead atoms. The molecular formula is C24H20ClN3O3S2. The number of hydrogen-bond acceptors (Lipinski definition) is 5. The fourth-order valence-corrected chi connectivity index (χ4v) is 6.56. The molecule has 2 aromatic carbocycles. The number of H-pyrrole nitrogens is 1. The molecule has 1 aliphatic rings. The zero-order chi connectivity index (χ0) is 23.0. The fourth-order valence-electron chi connectivity index (χ4n) is 3.92. The van der Waals surface area contributed by atoms with Gasteiger partial charge in [0.05, 0.1) is 12.2 Å². The maximum absolute atomic E-state index is 13.4. The Labute approximate surface area is 200 Å². The molecule has 0 radical (unpaired) electrons. The lowest BCUT2D eigenvalue weighted by Gasteiger charge is -2.29. The maximum atomic E-state index is 13.4. The Hall–Kier alpha value is -3.07. The number of aromatic amines is 1. The number of halogens is 1. The monoisotopic (exact) mass is 497 g/mol. The van der Waals surface area contributed by atoms with E-state index in [1.165, 1.54) is 21.8 Å². The van der Waals surface area contributed by atoms with Crippen molar-refractivity contribution in [3.63, 3.8) is 0 Å². The number of aromatic nitrogens is 1. The summed E-state index contributed by atoms with van der Waals surface area (Å²) in [6, 6.07) is 16.7. The summed E-state index contributed by atoms with van der Waals surface area (Å²) in [6.45, 7) is 0.603. The molecule has 4 aromatic rings. The molecule has 0 unspecified atom stereocenters. The molecule has 2 aromatic heterocycles. The van der Waals surface area contributed by atoms with Gasteiger partial charge in [-0.05, 0) is 47.2 Å². The van der Waals surface area contributed by atoms with Gasteiger partial charge in [0.1, 0.15) is 4.88 Å². The molecule has 0 saturated heterocycles. The van der Waals surface area contributed by atoms with E-state index in [-0.39, 0.29) is 11.4 Å². The van der Waals surface area contributed by atoms with Crippen LogP contribution in [0, 0.1) is 0 Å². The number of allylic oxidation sites excluding steroid dienone is 1. The largest absolute Gasteiger partial charge is 0.389 e. The molecule has 0 fully saturated rings. The molecule has 168 valence electrons. The standard InChI is InChI=1S/C24H20ClN3O3S2/c25-18-7-5-16(6-8-18)15-28-21-10-12-32-24(21)23(29)22(33(28,30)31)14-26-11-9-17-13-27-20-4-2-1-3-19(17)20/h1-8,10,12-14,26-27H,9,11,15H2/b22-14-. The first-order valence-electron chi connectivity index (χ1n) is 10.3. The van der Waals surface area contributed by atoms with Gasteiger partial charge in [0, 0.05) is 34.9 Å². The van der Waals surface area contributed by atoms with Crippen LogP contribution in [0.4, 0.5) is 5.69 Å². The minimum absolute atomic E-state index is 0.114. The second kappa shape index (κ2) is 8.70. The molecule has 0 spiro atoms. The third-order valence-electron chi connectivity index (χ3n) is 5.60. The highest BCUT2D eigenvalue weighted by Crippen LogP contribution is 2.39. The van der Waals surface area contributed by atoms with Crippen LogP contribution in [0.3, 0.4) is 0 Å². The number of rotatable bonds is 6. The Morgan fingerprint density at radius 1 is 1.09 bits per heavy atom. The number of carbonyl (C=O) groups excluding carboxylic acids is 1.